The zero-order chi connectivity index (χ0) is 27.7. The first-order chi connectivity index (χ1) is 15.7. The molecule has 1 fully saturated rings. The summed E-state index contributed by atoms with van der Waals surface area (Å²) in [6.07, 6.45) is -0.558. The molecule has 0 bridgehead atoms. The molecule has 14 heteroatoms. The first-order valence-corrected chi connectivity index (χ1v) is 9.85. The van der Waals surface area contributed by atoms with Crippen molar-refractivity contribution < 1.29 is 69.3 Å². The van der Waals surface area contributed by atoms with Gasteiger partial charge in [-0.2, -0.15) is 0 Å². The first-order valence-electron chi connectivity index (χ1n) is 9.85. The third-order valence-corrected chi connectivity index (χ3v) is 2.85. The molecule has 1 saturated heterocycles. The number of hydrogen-bond acceptors (Lipinski definition) is 13. The number of hydrogen-bond donors (Lipinski definition) is 6. The third kappa shape index (κ3) is 57.7. The number of carbonyl (C=O) groups excluding carboxylic acids is 1. The van der Waals surface area contributed by atoms with Gasteiger partial charge in [0.2, 0.25) is 0 Å². The van der Waals surface area contributed by atoms with Gasteiger partial charge in [-0.05, 0) is 27.7 Å². The summed E-state index contributed by atoms with van der Waals surface area (Å²) in [6, 6.07) is 0. The normalized spacial score (nSPS) is 15.0. The van der Waals surface area contributed by atoms with E-state index in [1.807, 2.05) is 20.8 Å². The Morgan fingerprint density at radius 1 is 0.882 bits per heavy atom. The van der Waals surface area contributed by atoms with Crippen LogP contribution in [0.15, 0.2) is 0 Å². The average molecular weight is 517 g/mol. The second-order valence-electron chi connectivity index (χ2n) is 5.17. The molecule has 0 aliphatic carbocycles. The van der Waals surface area contributed by atoms with Crippen molar-refractivity contribution in [3.63, 3.8) is 0 Å². The summed E-state index contributed by atoms with van der Waals surface area (Å²) in [5.41, 5.74) is 0. The summed E-state index contributed by atoms with van der Waals surface area (Å²) in [5, 5.41) is 46.5. The monoisotopic (exact) mass is 516 g/mol. The average Bonchev–Trinajstić information content (AvgIpc) is 3.31. The van der Waals surface area contributed by atoms with Crippen molar-refractivity contribution in [3.05, 3.63) is 0 Å². The van der Waals surface area contributed by atoms with Crippen LogP contribution in [0.4, 0.5) is 0 Å². The number of aliphatic hydroxyl groups excluding tert-OH is 6. The molecule has 1 rings (SSSR count). The van der Waals surface area contributed by atoms with Crippen molar-refractivity contribution in [2.45, 2.75) is 58.8 Å². The lowest BCUT2D eigenvalue weighted by Crippen LogP contribution is -2.15. The molecule has 8 N–H and O–H groups in total. The summed E-state index contributed by atoms with van der Waals surface area (Å²) in [5.74, 6) is 0. The van der Waals surface area contributed by atoms with Crippen molar-refractivity contribution in [1.82, 2.24) is 0 Å². The van der Waals surface area contributed by atoms with Crippen molar-refractivity contribution in [2.24, 2.45) is 0 Å². The van der Waals surface area contributed by atoms with Crippen LogP contribution in [0.3, 0.4) is 0 Å². The minimum atomic E-state index is -0.954. The van der Waals surface area contributed by atoms with Crippen molar-refractivity contribution in [3.8, 4) is 0 Å². The number of carbonyl (C=O) groups is 1. The highest BCUT2D eigenvalue weighted by Gasteiger charge is 2.20. The van der Waals surface area contributed by atoms with E-state index in [4.69, 9.17) is 44.9 Å². The second-order valence-corrected chi connectivity index (χ2v) is 5.17. The maximum Gasteiger partial charge on any atom is 0.155 e. The van der Waals surface area contributed by atoms with Crippen LogP contribution in [0, 0.1) is 0 Å². The van der Waals surface area contributed by atoms with E-state index in [1.165, 1.54) is 6.92 Å². The maximum atomic E-state index is 8.81. The largest absolute Gasteiger partial charge is 0.412 e. The fourth-order valence-corrected chi connectivity index (χ4v) is 0.938. The summed E-state index contributed by atoms with van der Waals surface area (Å²) >= 11 is 0. The molecule has 2 atom stereocenters. The molecule has 1 aliphatic rings. The molecule has 216 valence electrons. The topological polar surface area (TPSA) is 225 Å². The van der Waals surface area contributed by atoms with Gasteiger partial charge in [-0.3, -0.25) is 0 Å². The van der Waals surface area contributed by atoms with Crippen molar-refractivity contribution >= 4 is 6.29 Å². The number of ether oxygens (including phenoxy) is 6. The molecule has 0 aromatic rings. The van der Waals surface area contributed by atoms with Gasteiger partial charge in [0.05, 0.1) is 26.4 Å². The van der Waals surface area contributed by atoms with E-state index in [1.54, 1.807) is 28.4 Å². The number of aliphatic hydroxyl groups is 6. The lowest BCUT2D eigenvalue weighted by Gasteiger charge is -2.03. The Morgan fingerprint density at radius 2 is 1.18 bits per heavy atom. The number of methoxy groups -OCH3 is 4. The van der Waals surface area contributed by atoms with E-state index >= 15 is 0 Å². The number of aldehydes is 1. The molecule has 1 heterocycles. The lowest BCUT2D eigenvalue weighted by molar-refractivity contribution is -0.106. The molecule has 14 nitrogen and oxygen atoms in total. The summed E-state index contributed by atoms with van der Waals surface area (Å²) < 4.78 is 28.7. The first kappa shape index (κ1) is 50.1. The van der Waals surface area contributed by atoms with Crippen LogP contribution in [-0.2, 0) is 33.2 Å². The molecule has 0 aromatic carbocycles. The van der Waals surface area contributed by atoms with E-state index in [2.05, 4.69) is 18.9 Å². The fraction of sp³-hybridized carbons (Fsp3) is 0.950. The Kier molecular flexibility index (Phi) is 72.7. The van der Waals surface area contributed by atoms with Gasteiger partial charge < -0.3 is 69.3 Å². The van der Waals surface area contributed by atoms with Gasteiger partial charge in [-0.15, -0.1) is 0 Å². The highest BCUT2D eigenvalue weighted by molar-refractivity contribution is 5.44. The predicted octanol–water partition coefficient (Wildman–Crippen LogP) is -2.08. The molecular weight excluding hydrogens is 464 g/mol. The molecular formula is C20H52O14. The van der Waals surface area contributed by atoms with E-state index in [0.29, 0.717) is 6.61 Å². The highest BCUT2D eigenvalue weighted by atomic mass is 16.7. The molecule has 0 aromatic heterocycles. The quantitative estimate of drug-likeness (QED) is 0.158. The summed E-state index contributed by atoms with van der Waals surface area (Å²) in [7, 11) is 8.42. The van der Waals surface area contributed by atoms with Gasteiger partial charge in [-0.25, -0.2) is 0 Å². The Bertz CT molecular complexity index is 265. The molecule has 2 unspecified atom stereocenters. The predicted molar refractivity (Wildman–Crippen MR) is 126 cm³/mol. The van der Waals surface area contributed by atoms with E-state index in [-0.39, 0.29) is 50.3 Å². The van der Waals surface area contributed by atoms with Gasteiger partial charge in [0.1, 0.15) is 18.5 Å². The maximum absolute atomic E-state index is 8.81. The van der Waals surface area contributed by atoms with Crippen LogP contribution in [0.5, 0.6) is 0 Å². The van der Waals surface area contributed by atoms with Gasteiger partial charge in [0, 0.05) is 42.7 Å². The van der Waals surface area contributed by atoms with Crippen molar-refractivity contribution in [2.75, 3.05) is 69.1 Å². The van der Waals surface area contributed by atoms with Crippen LogP contribution < -0.4 is 0 Å². The molecule has 0 saturated carbocycles. The Morgan fingerprint density at radius 3 is 1.24 bits per heavy atom. The minimum absolute atomic E-state index is 0. The van der Waals surface area contributed by atoms with Gasteiger partial charge >= 0.3 is 0 Å². The summed E-state index contributed by atoms with van der Waals surface area (Å²) in [6.45, 7) is 6.78. The van der Waals surface area contributed by atoms with Gasteiger partial charge in [-0.1, -0.05) is 0 Å². The Hall–Kier alpha value is -0.850. The molecule has 0 amide bonds. The van der Waals surface area contributed by atoms with Gasteiger partial charge in [0.25, 0.3) is 0 Å². The highest BCUT2D eigenvalue weighted by Crippen LogP contribution is 2.08. The van der Waals surface area contributed by atoms with Crippen LogP contribution in [-0.4, -0.2) is 143 Å². The van der Waals surface area contributed by atoms with Crippen LogP contribution in [0.1, 0.15) is 27.7 Å². The zero-order valence-corrected chi connectivity index (χ0v) is 22.3. The standard InChI is InChI=1S/C5H10O3.2C4H10O2.C3H8O3.C2H4O.2CH4O.H2O/c1-4-7-3-5(2-6)8-4;2*1-4(5-2)6-3;4-1-3(6)2-5;1-2-3;2*1-2;/h4-6H,2-3H2,1H3;2*4H,1-3H3;3-6H,1-2H2;2H,1H3;2*2H,1H3;1H2. The molecule has 1 aliphatic heterocycles. The van der Waals surface area contributed by atoms with E-state index in [0.717, 1.165) is 20.5 Å². The summed E-state index contributed by atoms with van der Waals surface area (Å²) in [4.78, 5) is 8.81. The minimum Gasteiger partial charge on any atom is -0.412 e. The Labute approximate surface area is 204 Å². The lowest BCUT2D eigenvalue weighted by atomic mass is 10.4. The number of rotatable bonds is 7. The van der Waals surface area contributed by atoms with E-state index < -0.39 is 6.10 Å². The fourth-order valence-electron chi connectivity index (χ4n) is 0.938. The zero-order valence-electron chi connectivity index (χ0n) is 22.3. The SMILES string of the molecule is CC1OCC(CO)O1.CC=O.CO.CO.COC(C)OC.COC(C)OC.O.OCC(O)CO. The molecule has 0 spiro atoms. The van der Waals surface area contributed by atoms with E-state index in [9.17, 15) is 0 Å². The van der Waals surface area contributed by atoms with Crippen LogP contribution in [0.25, 0.3) is 0 Å². The van der Waals surface area contributed by atoms with Crippen molar-refractivity contribution in [1.29, 1.82) is 0 Å². The second kappa shape index (κ2) is 49.3. The van der Waals surface area contributed by atoms with Gasteiger partial charge in [0.15, 0.2) is 18.9 Å². The smallest absolute Gasteiger partial charge is 0.155 e. The van der Waals surface area contributed by atoms with Crippen LogP contribution in [0.2, 0.25) is 0 Å². The molecule has 34 heavy (non-hydrogen) atoms. The molecule has 0 radical (unpaired) electrons. The Balaban J connectivity index is -0.0000000524. The van der Waals surface area contributed by atoms with Crippen LogP contribution >= 0.6 is 0 Å². The third-order valence-electron chi connectivity index (χ3n) is 2.85.